The van der Waals surface area contributed by atoms with Crippen LogP contribution in [0.3, 0.4) is 0 Å². The molecule has 0 aliphatic rings. The number of carboxylic acids is 1. The van der Waals surface area contributed by atoms with Crippen LogP contribution in [0.25, 0.3) is 0 Å². The van der Waals surface area contributed by atoms with E-state index in [1.807, 2.05) is 31.2 Å². The number of hydrogen-bond acceptors (Lipinski definition) is 1. The highest BCUT2D eigenvalue weighted by Gasteiger charge is 2.16. The predicted octanol–water partition coefficient (Wildman–Crippen LogP) is 3.03. The first-order valence-corrected chi connectivity index (χ1v) is 4.92. The second-order valence-electron chi connectivity index (χ2n) is 2.85. The van der Waals surface area contributed by atoms with Crippen LogP contribution in [-0.2, 0) is 4.79 Å². The zero-order chi connectivity index (χ0) is 9.84. The van der Waals surface area contributed by atoms with Crippen LogP contribution in [-0.4, -0.2) is 11.1 Å². The molecule has 70 valence electrons. The van der Waals surface area contributed by atoms with Gasteiger partial charge < -0.3 is 5.11 Å². The van der Waals surface area contributed by atoms with Gasteiger partial charge in [-0.25, -0.2) is 0 Å². The van der Waals surface area contributed by atoms with Crippen molar-refractivity contribution in [2.45, 2.75) is 19.3 Å². The number of carbonyl (C=O) groups is 1. The molecule has 0 aliphatic carbocycles. The van der Waals surface area contributed by atoms with E-state index in [1.165, 1.54) is 0 Å². The molecule has 0 amide bonds. The van der Waals surface area contributed by atoms with Crippen LogP contribution >= 0.6 is 15.9 Å². The topological polar surface area (TPSA) is 37.3 Å². The summed E-state index contributed by atoms with van der Waals surface area (Å²) in [6.45, 7) is 1.87. The first kappa shape index (κ1) is 10.3. The molecule has 1 aromatic rings. The number of benzene rings is 1. The Balaban J connectivity index is 2.98. The summed E-state index contributed by atoms with van der Waals surface area (Å²) in [5.74, 6) is -1.15. The Morgan fingerprint density at radius 3 is 2.77 bits per heavy atom. The van der Waals surface area contributed by atoms with Crippen LogP contribution in [0.4, 0.5) is 0 Å². The van der Waals surface area contributed by atoms with Crippen molar-refractivity contribution in [3.8, 4) is 0 Å². The molecule has 13 heavy (non-hydrogen) atoms. The van der Waals surface area contributed by atoms with Crippen molar-refractivity contribution in [2.75, 3.05) is 0 Å². The molecule has 3 heteroatoms. The number of hydrogen-bond donors (Lipinski definition) is 1. The van der Waals surface area contributed by atoms with Crippen LogP contribution < -0.4 is 0 Å². The van der Waals surface area contributed by atoms with Gasteiger partial charge in [0.1, 0.15) is 0 Å². The molecule has 0 fully saturated rings. The minimum atomic E-state index is -0.763. The Hall–Kier alpha value is -0.830. The maximum atomic E-state index is 10.8. The SMILES string of the molecule is CC[C@@H](C(=O)O)c1cccc(Br)c1. The fourth-order valence-corrected chi connectivity index (χ4v) is 1.69. The van der Waals surface area contributed by atoms with Crippen LogP contribution in [0.1, 0.15) is 24.8 Å². The van der Waals surface area contributed by atoms with Crippen molar-refractivity contribution < 1.29 is 9.90 Å². The normalized spacial score (nSPS) is 12.5. The summed E-state index contributed by atoms with van der Waals surface area (Å²) < 4.78 is 0.921. The van der Waals surface area contributed by atoms with E-state index in [1.54, 1.807) is 0 Å². The first-order chi connectivity index (χ1) is 6.15. The van der Waals surface area contributed by atoms with E-state index in [9.17, 15) is 4.79 Å². The molecule has 1 aromatic carbocycles. The van der Waals surface area contributed by atoms with E-state index in [4.69, 9.17) is 5.11 Å². The van der Waals surface area contributed by atoms with Crippen molar-refractivity contribution in [3.05, 3.63) is 34.3 Å². The lowest BCUT2D eigenvalue weighted by Gasteiger charge is -2.09. The summed E-state index contributed by atoms with van der Waals surface area (Å²) in [5.41, 5.74) is 0.851. The van der Waals surface area contributed by atoms with E-state index in [-0.39, 0.29) is 0 Å². The van der Waals surface area contributed by atoms with Gasteiger partial charge in [-0.2, -0.15) is 0 Å². The number of carboxylic acid groups (broad SMARTS) is 1. The lowest BCUT2D eigenvalue weighted by atomic mass is 9.97. The van der Waals surface area contributed by atoms with Crippen molar-refractivity contribution in [1.29, 1.82) is 0 Å². The Labute approximate surface area is 85.7 Å². The summed E-state index contributed by atoms with van der Waals surface area (Å²) in [6, 6.07) is 7.43. The molecule has 0 aromatic heterocycles. The third-order valence-corrected chi connectivity index (χ3v) is 2.45. The Morgan fingerprint density at radius 2 is 2.31 bits per heavy atom. The van der Waals surface area contributed by atoms with Crippen LogP contribution in [0.5, 0.6) is 0 Å². The summed E-state index contributed by atoms with van der Waals surface area (Å²) in [4.78, 5) is 10.8. The third kappa shape index (κ3) is 2.56. The maximum absolute atomic E-state index is 10.8. The number of halogens is 1. The second kappa shape index (κ2) is 4.42. The van der Waals surface area contributed by atoms with Crippen LogP contribution in [0.2, 0.25) is 0 Å². The highest BCUT2D eigenvalue weighted by atomic mass is 79.9. The first-order valence-electron chi connectivity index (χ1n) is 4.13. The van der Waals surface area contributed by atoms with Gasteiger partial charge in [0.15, 0.2) is 0 Å². The van der Waals surface area contributed by atoms with E-state index in [0.717, 1.165) is 10.0 Å². The predicted molar refractivity (Wildman–Crippen MR) is 54.8 cm³/mol. The second-order valence-corrected chi connectivity index (χ2v) is 3.77. The Bertz CT molecular complexity index is 310. The van der Waals surface area contributed by atoms with Crippen molar-refractivity contribution in [3.63, 3.8) is 0 Å². The fourth-order valence-electron chi connectivity index (χ4n) is 1.28. The van der Waals surface area contributed by atoms with E-state index in [2.05, 4.69) is 15.9 Å². The van der Waals surface area contributed by atoms with Crippen LogP contribution in [0.15, 0.2) is 28.7 Å². The molecule has 0 heterocycles. The molecule has 2 nitrogen and oxygen atoms in total. The number of rotatable bonds is 3. The molecule has 0 unspecified atom stereocenters. The number of aliphatic carboxylic acids is 1. The molecular weight excluding hydrogens is 232 g/mol. The van der Waals surface area contributed by atoms with Gasteiger partial charge in [-0.05, 0) is 24.1 Å². The fraction of sp³-hybridized carbons (Fsp3) is 0.300. The Morgan fingerprint density at radius 1 is 1.62 bits per heavy atom. The average Bonchev–Trinajstić information content (AvgIpc) is 2.04. The van der Waals surface area contributed by atoms with Gasteiger partial charge in [0, 0.05) is 4.47 Å². The largest absolute Gasteiger partial charge is 0.481 e. The lowest BCUT2D eigenvalue weighted by molar-refractivity contribution is -0.138. The van der Waals surface area contributed by atoms with Crippen molar-refractivity contribution >= 4 is 21.9 Å². The standard InChI is InChI=1S/C10H11BrO2/c1-2-9(10(12)13)7-4-3-5-8(11)6-7/h3-6,9H,2H2,1H3,(H,12,13)/t9-/m1/s1. The summed E-state index contributed by atoms with van der Waals surface area (Å²) in [5, 5.41) is 8.90. The zero-order valence-corrected chi connectivity index (χ0v) is 8.91. The highest BCUT2D eigenvalue weighted by Crippen LogP contribution is 2.22. The summed E-state index contributed by atoms with van der Waals surface area (Å²) in [6.07, 6.45) is 0.617. The van der Waals surface area contributed by atoms with Gasteiger partial charge in [-0.3, -0.25) is 4.79 Å². The molecule has 0 bridgehead atoms. The molecular formula is C10H11BrO2. The minimum absolute atomic E-state index is 0.391. The van der Waals surface area contributed by atoms with E-state index < -0.39 is 11.9 Å². The maximum Gasteiger partial charge on any atom is 0.310 e. The van der Waals surface area contributed by atoms with Gasteiger partial charge in [-0.1, -0.05) is 35.0 Å². The average molecular weight is 243 g/mol. The monoisotopic (exact) mass is 242 g/mol. The zero-order valence-electron chi connectivity index (χ0n) is 7.33. The quantitative estimate of drug-likeness (QED) is 0.885. The van der Waals surface area contributed by atoms with Gasteiger partial charge >= 0.3 is 5.97 Å². The lowest BCUT2D eigenvalue weighted by Crippen LogP contribution is -2.10. The molecule has 0 saturated heterocycles. The minimum Gasteiger partial charge on any atom is -0.481 e. The smallest absolute Gasteiger partial charge is 0.310 e. The third-order valence-electron chi connectivity index (χ3n) is 1.96. The van der Waals surface area contributed by atoms with Gasteiger partial charge in [0.2, 0.25) is 0 Å². The summed E-state index contributed by atoms with van der Waals surface area (Å²) in [7, 11) is 0. The van der Waals surface area contributed by atoms with Crippen molar-refractivity contribution in [2.24, 2.45) is 0 Å². The Kier molecular flexibility index (Phi) is 3.48. The highest BCUT2D eigenvalue weighted by molar-refractivity contribution is 9.10. The molecule has 1 atom stereocenters. The molecule has 0 aliphatic heterocycles. The molecule has 1 rings (SSSR count). The van der Waals surface area contributed by atoms with E-state index >= 15 is 0 Å². The molecule has 1 N–H and O–H groups in total. The van der Waals surface area contributed by atoms with Crippen molar-refractivity contribution in [1.82, 2.24) is 0 Å². The van der Waals surface area contributed by atoms with Crippen LogP contribution in [0, 0.1) is 0 Å². The van der Waals surface area contributed by atoms with E-state index in [0.29, 0.717) is 6.42 Å². The van der Waals surface area contributed by atoms with Gasteiger partial charge in [0.25, 0.3) is 0 Å². The molecule has 0 spiro atoms. The van der Waals surface area contributed by atoms with Gasteiger partial charge in [-0.15, -0.1) is 0 Å². The summed E-state index contributed by atoms with van der Waals surface area (Å²) >= 11 is 3.32. The molecule has 0 saturated carbocycles. The molecule has 0 radical (unpaired) electrons. The van der Waals surface area contributed by atoms with Gasteiger partial charge in [0.05, 0.1) is 5.92 Å².